The van der Waals surface area contributed by atoms with Crippen LogP contribution in [-0.2, 0) is 4.79 Å². The van der Waals surface area contributed by atoms with Gasteiger partial charge in [-0.1, -0.05) is 13.3 Å². The normalized spacial score (nSPS) is 19.4. The number of carbonyl (C=O) groups is 2. The van der Waals surface area contributed by atoms with Crippen LogP contribution in [0.1, 0.15) is 32.6 Å². The molecule has 1 atom stereocenters. The van der Waals surface area contributed by atoms with Gasteiger partial charge in [0.1, 0.15) is 0 Å². The van der Waals surface area contributed by atoms with Gasteiger partial charge in [-0.25, -0.2) is 4.79 Å². The molecule has 0 spiro atoms. The van der Waals surface area contributed by atoms with Gasteiger partial charge in [0, 0.05) is 26.7 Å². The van der Waals surface area contributed by atoms with Gasteiger partial charge >= 0.3 is 12.0 Å². The molecule has 1 aliphatic heterocycles. The first-order valence-corrected chi connectivity index (χ1v) is 6.26. The van der Waals surface area contributed by atoms with Crippen molar-refractivity contribution < 1.29 is 14.7 Å². The van der Waals surface area contributed by atoms with Crippen molar-refractivity contribution in [1.82, 2.24) is 9.80 Å². The van der Waals surface area contributed by atoms with Crippen molar-refractivity contribution in [2.45, 2.75) is 32.6 Å². The first kappa shape index (κ1) is 13.8. The smallest absolute Gasteiger partial charge is 0.319 e. The predicted octanol–water partition coefficient (Wildman–Crippen LogP) is 1.63. The number of carboxylic acid groups (broad SMARTS) is 1. The quantitative estimate of drug-likeness (QED) is 0.797. The molecule has 1 fully saturated rings. The van der Waals surface area contributed by atoms with Crippen molar-refractivity contribution in [2.75, 3.05) is 26.7 Å². The Hall–Kier alpha value is -1.26. The molecule has 1 rings (SSSR count). The fourth-order valence-electron chi connectivity index (χ4n) is 2.25. The summed E-state index contributed by atoms with van der Waals surface area (Å²) in [7, 11) is 1.67. The van der Waals surface area contributed by atoms with Gasteiger partial charge in [0.05, 0.1) is 6.42 Å². The monoisotopic (exact) mass is 242 g/mol. The fraction of sp³-hybridized carbons (Fsp3) is 0.833. The molecule has 0 aliphatic carbocycles. The summed E-state index contributed by atoms with van der Waals surface area (Å²) in [5.74, 6) is -0.244. The summed E-state index contributed by atoms with van der Waals surface area (Å²) in [6.45, 7) is 4.07. The maximum Gasteiger partial charge on any atom is 0.319 e. The number of carbonyl (C=O) groups excluding carboxylic acids is 1. The summed E-state index contributed by atoms with van der Waals surface area (Å²) in [6.07, 6.45) is 3.41. The maximum absolute atomic E-state index is 12.0. The highest BCUT2D eigenvalue weighted by Crippen LogP contribution is 2.21. The summed E-state index contributed by atoms with van der Waals surface area (Å²) >= 11 is 0. The molecule has 0 aromatic rings. The Morgan fingerprint density at radius 3 is 2.76 bits per heavy atom. The summed E-state index contributed by atoms with van der Waals surface area (Å²) in [4.78, 5) is 25.7. The largest absolute Gasteiger partial charge is 0.481 e. The van der Waals surface area contributed by atoms with E-state index in [-0.39, 0.29) is 19.0 Å². The lowest BCUT2D eigenvalue weighted by Crippen LogP contribution is -2.40. The first-order valence-electron chi connectivity index (χ1n) is 6.26. The van der Waals surface area contributed by atoms with Crippen LogP contribution < -0.4 is 0 Å². The zero-order chi connectivity index (χ0) is 12.8. The van der Waals surface area contributed by atoms with E-state index in [2.05, 4.69) is 6.92 Å². The lowest BCUT2D eigenvalue weighted by Gasteiger charge is -2.24. The van der Waals surface area contributed by atoms with Gasteiger partial charge in [0.25, 0.3) is 0 Å². The molecule has 1 N–H and O–H groups in total. The van der Waals surface area contributed by atoms with Crippen LogP contribution in [0.15, 0.2) is 0 Å². The molecule has 0 saturated carbocycles. The van der Waals surface area contributed by atoms with E-state index in [1.54, 1.807) is 7.05 Å². The van der Waals surface area contributed by atoms with Gasteiger partial charge in [-0.3, -0.25) is 4.79 Å². The van der Waals surface area contributed by atoms with Crippen molar-refractivity contribution in [3.63, 3.8) is 0 Å². The second-order valence-electron chi connectivity index (χ2n) is 4.74. The van der Waals surface area contributed by atoms with Crippen LogP contribution >= 0.6 is 0 Å². The number of aliphatic carboxylic acids is 1. The Bertz CT molecular complexity index is 281. The minimum Gasteiger partial charge on any atom is -0.481 e. The van der Waals surface area contributed by atoms with Crippen LogP contribution in [0.5, 0.6) is 0 Å². The lowest BCUT2D eigenvalue weighted by molar-refractivity contribution is -0.137. The first-order chi connectivity index (χ1) is 8.04. The Morgan fingerprint density at radius 1 is 1.47 bits per heavy atom. The fourth-order valence-corrected chi connectivity index (χ4v) is 2.25. The van der Waals surface area contributed by atoms with E-state index >= 15 is 0 Å². The van der Waals surface area contributed by atoms with Crippen LogP contribution in [0, 0.1) is 5.92 Å². The number of likely N-dealkylation sites (tertiary alicyclic amines) is 1. The van der Waals surface area contributed by atoms with E-state index in [0.29, 0.717) is 5.92 Å². The molecule has 1 aliphatic rings. The number of rotatable bonds is 5. The number of hydrogen-bond acceptors (Lipinski definition) is 2. The van der Waals surface area contributed by atoms with Crippen LogP contribution in [0.3, 0.4) is 0 Å². The number of carboxylic acids is 1. The standard InChI is InChI=1S/C12H22N2O3/c1-3-4-10-5-8-14(9-10)12(17)13(2)7-6-11(15)16/h10H,3-9H2,1-2H3,(H,15,16). The molecule has 5 heteroatoms. The zero-order valence-electron chi connectivity index (χ0n) is 10.7. The topological polar surface area (TPSA) is 60.9 Å². The van der Waals surface area contributed by atoms with Crippen LogP contribution in [-0.4, -0.2) is 53.6 Å². The number of hydrogen-bond donors (Lipinski definition) is 1. The highest BCUT2D eigenvalue weighted by molar-refractivity contribution is 5.75. The average molecular weight is 242 g/mol. The van der Waals surface area contributed by atoms with Gasteiger partial charge in [0.2, 0.25) is 0 Å². The van der Waals surface area contributed by atoms with Crippen LogP contribution in [0.2, 0.25) is 0 Å². The van der Waals surface area contributed by atoms with Gasteiger partial charge in [-0.05, 0) is 18.8 Å². The van der Waals surface area contributed by atoms with E-state index in [0.717, 1.165) is 25.9 Å². The minimum absolute atomic E-state index is 0.00840. The number of nitrogens with zero attached hydrogens (tertiary/aromatic N) is 2. The summed E-state index contributed by atoms with van der Waals surface area (Å²) < 4.78 is 0. The highest BCUT2D eigenvalue weighted by Gasteiger charge is 2.27. The Morgan fingerprint density at radius 2 is 2.18 bits per heavy atom. The van der Waals surface area contributed by atoms with Crippen molar-refractivity contribution in [3.8, 4) is 0 Å². The van der Waals surface area contributed by atoms with Gasteiger partial charge in [-0.15, -0.1) is 0 Å². The lowest BCUT2D eigenvalue weighted by atomic mass is 10.0. The third kappa shape index (κ3) is 4.24. The van der Waals surface area contributed by atoms with Crippen molar-refractivity contribution >= 4 is 12.0 Å². The molecular weight excluding hydrogens is 220 g/mol. The molecule has 17 heavy (non-hydrogen) atoms. The zero-order valence-corrected chi connectivity index (χ0v) is 10.7. The molecule has 0 aromatic heterocycles. The van der Waals surface area contributed by atoms with Gasteiger partial charge < -0.3 is 14.9 Å². The SMILES string of the molecule is CCCC1CCN(C(=O)N(C)CCC(=O)O)C1. The third-order valence-corrected chi connectivity index (χ3v) is 3.24. The van der Waals surface area contributed by atoms with Crippen LogP contribution in [0.4, 0.5) is 4.79 Å². The van der Waals surface area contributed by atoms with E-state index in [1.807, 2.05) is 4.90 Å². The third-order valence-electron chi connectivity index (χ3n) is 3.24. The number of urea groups is 1. The molecule has 2 amide bonds. The molecular formula is C12H22N2O3. The van der Waals surface area contributed by atoms with Crippen molar-refractivity contribution in [3.05, 3.63) is 0 Å². The van der Waals surface area contributed by atoms with E-state index in [1.165, 1.54) is 11.3 Å². The van der Waals surface area contributed by atoms with E-state index in [4.69, 9.17) is 5.11 Å². The molecule has 1 heterocycles. The second kappa shape index (κ2) is 6.47. The molecule has 0 radical (unpaired) electrons. The van der Waals surface area contributed by atoms with Crippen molar-refractivity contribution in [2.24, 2.45) is 5.92 Å². The average Bonchev–Trinajstić information content (AvgIpc) is 2.74. The Kier molecular flexibility index (Phi) is 5.25. The van der Waals surface area contributed by atoms with E-state index < -0.39 is 5.97 Å². The summed E-state index contributed by atoms with van der Waals surface area (Å²) in [5, 5.41) is 8.57. The van der Waals surface area contributed by atoms with Gasteiger partial charge in [-0.2, -0.15) is 0 Å². The minimum atomic E-state index is -0.866. The molecule has 5 nitrogen and oxygen atoms in total. The van der Waals surface area contributed by atoms with Crippen molar-refractivity contribution in [1.29, 1.82) is 0 Å². The van der Waals surface area contributed by atoms with Crippen LogP contribution in [0.25, 0.3) is 0 Å². The second-order valence-corrected chi connectivity index (χ2v) is 4.74. The molecule has 1 saturated heterocycles. The Labute approximate surface area is 102 Å². The molecule has 0 aromatic carbocycles. The predicted molar refractivity (Wildman–Crippen MR) is 64.9 cm³/mol. The van der Waals surface area contributed by atoms with Gasteiger partial charge in [0.15, 0.2) is 0 Å². The molecule has 1 unspecified atom stereocenters. The Balaban J connectivity index is 2.35. The summed E-state index contributed by atoms with van der Waals surface area (Å²) in [6, 6.07) is -0.0372. The molecule has 98 valence electrons. The highest BCUT2D eigenvalue weighted by atomic mass is 16.4. The summed E-state index contributed by atoms with van der Waals surface area (Å²) in [5.41, 5.74) is 0. The van der Waals surface area contributed by atoms with E-state index in [9.17, 15) is 9.59 Å². The maximum atomic E-state index is 12.0. The molecule has 0 bridgehead atoms. The number of amides is 2.